The molecule has 0 fully saturated rings. The molecule has 0 bridgehead atoms. The highest BCUT2D eigenvalue weighted by molar-refractivity contribution is 6.34. The van der Waals surface area contributed by atoms with Crippen molar-refractivity contribution in [3.05, 3.63) is 59.3 Å². The second-order valence-electron chi connectivity index (χ2n) is 5.68. The molecule has 6 heteroatoms. The van der Waals surface area contributed by atoms with Crippen LogP contribution in [0.25, 0.3) is 0 Å². The van der Waals surface area contributed by atoms with Crippen molar-refractivity contribution < 1.29 is 23.9 Å². The number of carbonyl (C=O) groups is 4. The first-order valence-corrected chi connectivity index (χ1v) is 7.32. The Morgan fingerprint density at radius 3 is 2.33 bits per heavy atom. The number of fused-ring (bicyclic) bond motifs is 1. The third-order valence-electron chi connectivity index (χ3n) is 4.51. The summed E-state index contributed by atoms with van der Waals surface area (Å²) in [6, 6.07) is 6.31. The topological polar surface area (TPSA) is 80.8 Å². The van der Waals surface area contributed by atoms with Gasteiger partial charge in [0.15, 0.2) is 11.2 Å². The van der Waals surface area contributed by atoms with E-state index in [1.165, 1.54) is 25.3 Å². The Kier molecular flexibility index (Phi) is 3.48. The van der Waals surface area contributed by atoms with Gasteiger partial charge in [-0.3, -0.25) is 19.2 Å². The molecule has 1 aliphatic heterocycles. The first-order valence-electron chi connectivity index (χ1n) is 7.32. The normalized spacial score (nSPS) is 22.4. The number of benzene rings is 1. The molecule has 1 amide bonds. The summed E-state index contributed by atoms with van der Waals surface area (Å²) in [7, 11) is 2.52. The lowest BCUT2D eigenvalue weighted by Gasteiger charge is -2.26. The highest BCUT2D eigenvalue weighted by Crippen LogP contribution is 2.48. The minimum atomic E-state index is -1.86. The molecule has 0 saturated heterocycles. The quantitative estimate of drug-likeness (QED) is 0.478. The number of allylic oxidation sites excluding steroid dienone is 2. The van der Waals surface area contributed by atoms with Crippen LogP contribution >= 0.6 is 0 Å². The average molecular weight is 325 g/mol. The van der Waals surface area contributed by atoms with Crippen molar-refractivity contribution in [3.8, 4) is 0 Å². The zero-order valence-electron chi connectivity index (χ0n) is 13.3. The van der Waals surface area contributed by atoms with Crippen LogP contribution in [0.15, 0.2) is 48.2 Å². The fourth-order valence-corrected chi connectivity index (χ4v) is 3.43. The summed E-state index contributed by atoms with van der Waals surface area (Å²) >= 11 is 0. The van der Waals surface area contributed by atoms with Gasteiger partial charge >= 0.3 is 5.97 Å². The number of Topliss-reactive ketones (excluding diaryl/α,β-unsaturated/α-hetero) is 2. The number of ketones is 2. The van der Waals surface area contributed by atoms with Crippen molar-refractivity contribution >= 4 is 23.4 Å². The van der Waals surface area contributed by atoms with E-state index in [0.29, 0.717) is 0 Å². The Balaban J connectivity index is 2.35. The molecule has 0 radical (unpaired) electrons. The second kappa shape index (κ2) is 5.26. The van der Waals surface area contributed by atoms with Gasteiger partial charge in [-0.1, -0.05) is 30.3 Å². The molecule has 0 N–H and O–H groups in total. The summed E-state index contributed by atoms with van der Waals surface area (Å²) in [5.41, 5.74) is -1.64. The van der Waals surface area contributed by atoms with Gasteiger partial charge in [-0.05, 0) is 6.42 Å². The van der Waals surface area contributed by atoms with Crippen LogP contribution in [0.4, 0.5) is 0 Å². The molecule has 24 heavy (non-hydrogen) atoms. The van der Waals surface area contributed by atoms with E-state index in [9.17, 15) is 19.2 Å². The van der Waals surface area contributed by atoms with E-state index in [4.69, 9.17) is 4.74 Å². The van der Waals surface area contributed by atoms with E-state index in [2.05, 4.69) is 6.58 Å². The van der Waals surface area contributed by atoms with Crippen LogP contribution in [-0.2, 0) is 14.3 Å². The fraction of sp³-hybridized carbons (Fsp3) is 0.222. The molecular weight excluding hydrogens is 310 g/mol. The lowest BCUT2D eigenvalue weighted by atomic mass is 9.72. The first-order chi connectivity index (χ1) is 11.4. The van der Waals surface area contributed by atoms with E-state index in [0.717, 1.165) is 12.0 Å². The van der Waals surface area contributed by atoms with Gasteiger partial charge in [-0.25, -0.2) is 0 Å². The minimum Gasteiger partial charge on any atom is -0.468 e. The van der Waals surface area contributed by atoms with Gasteiger partial charge in [0.1, 0.15) is 5.70 Å². The number of hydrogen-bond donors (Lipinski definition) is 0. The molecule has 0 aromatic heterocycles. The Bertz CT molecular complexity index is 851. The SMILES string of the molecule is C=CCC1(C(=O)OC)C(=O)N(C)C2=C1C(=O)c1ccccc1C2=O. The molecule has 0 spiro atoms. The summed E-state index contributed by atoms with van der Waals surface area (Å²) in [6.45, 7) is 3.57. The minimum absolute atomic E-state index is 0.0593. The molecule has 1 atom stereocenters. The first kappa shape index (κ1) is 15.9. The monoisotopic (exact) mass is 325 g/mol. The van der Waals surface area contributed by atoms with Crippen LogP contribution in [0.2, 0.25) is 0 Å². The summed E-state index contributed by atoms with van der Waals surface area (Å²) in [5.74, 6) is -2.49. The van der Waals surface area contributed by atoms with Gasteiger partial charge in [-0.15, -0.1) is 6.58 Å². The van der Waals surface area contributed by atoms with Crippen LogP contribution in [0.3, 0.4) is 0 Å². The molecule has 6 nitrogen and oxygen atoms in total. The summed E-state index contributed by atoms with van der Waals surface area (Å²) in [4.78, 5) is 52.3. The van der Waals surface area contributed by atoms with Gasteiger partial charge in [0.05, 0.1) is 12.7 Å². The Morgan fingerprint density at radius 1 is 1.21 bits per heavy atom. The summed E-state index contributed by atoms with van der Waals surface area (Å²) in [6.07, 6.45) is 1.25. The van der Waals surface area contributed by atoms with Gasteiger partial charge in [0, 0.05) is 18.2 Å². The van der Waals surface area contributed by atoms with Crippen molar-refractivity contribution in [2.45, 2.75) is 6.42 Å². The van der Waals surface area contributed by atoms with E-state index in [1.54, 1.807) is 12.1 Å². The van der Waals surface area contributed by atoms with E-state index in [-0.39, 0.29) is 28.8 Å². The molecule has 1 heterocycles. The van der Waals surface area contributed by atoms with Crippen LogP contribution in [0.5, 0.6) is 0 Å². The highest BCUT2D eigenvalue weighted by Gasteiger charge is 2.62. The summed E-state index contributed by atoms with van der Waals surface area (Å²) in [5, 5.41) is 0. The Hall–Kier alpha value is -3.02. The maximum Gasteiger partial charge on any atom is 0.326 e. The number of likely N-dealkylation sites (N-methyl/N-ethyl adjacent to an activating group) is 1. The lowest BCUT2D eigenvalue weighted by molar-refractivity contribution is -0.157. The smallest absolute Gasteiger partial charge is 0.326 e. The van der Waals surface area contributed by atoms with E-state index in [1.807, 2.05) is 0 Å². The maximum atomic E-state index is 13.0. The number of nitrogens with zero attached hydrogens (tertiary/aromatic N) is 1. The fourth-order valence-electron chi connectivity index (χ4n) is 3.43. The third-order valence-corrected chi connectivity index (χ3v) is 4.51. The van der Waals surface area contributed by atoms with Crippen molar-refractivity contribution in [2.24, 2.45) is 5.41 Å². The second-order valence-corrected chi connectivity index (χ2v) is 5.68. The molecule has 3 rings (SSSR count). The number of carbonyl (C=O) groups excluding carboxylic acids is 4. The molecule has 0 saturated carbocycles. The van der Waals surface area contributed by atoms with E-state index >= 15 is 0 Å². The number of ether oxygens (including phenoxy) is 1. The molecule has 2 aliphatic rings. The van der Waals surface area contributed by atoms with Crippen molar-refractivity contribution in [2.75, 3.05) is 14.2 Å². The molecule has 122 valence electrons. The summed E-state index contributed by atoms with van der Waals surface area (Å²) < 4.78 is 4.80. The number of methoxy groups -OCH3 is 1. The third kappa shape index (κ3) is 1.71. The standard InChI is InChI=1S/C18H15NO5/c1-4-9-18(17(23)24-3)12-13(19(2)16(18)22)15(21)11-8-6-5-7-10(11)14(12)20/h4-8H,1,9H2,2-3H3. The predicted molar refractivity (Wildman–Crippen MR) is 84.2 cm³/mol. The Morgan fingerprint density at radius 2 is 1.79 bits per heavy atom. The van der Waals surface area contributed by atoms with Crippen molar-refractivity contribution in [1.29, 1.82) is 0 Å². The van der Waals surface area contributed by atoms with Crippen LogP contribution in [0, 0.1) is 5.41 Å². The number of hydrogen-bond acceptors (Lipinski definition) is 5. The largest absolute Gasteiger partial charge is 0.468 e. The zero-order valence-corrected chi connectivity index (χ0v) is 13.3. The van der Waals surface area contributed by atoms with Crippen molar-refractivity contribution in [1.82, 2.24) is 4.90 Å². The van der Waals surface area contributed by atoms with Gasteiger partial charge in [0.2, 0.25) is 11.7 Å². The maximum absolute atomic E-state index is 13.0. The van der Waals surface area contributed by atoms with Crippen LogP contribution in [0.1, 0.15) is 27.1 Å². The van der Waals surface area contributed by atoms with Crippen molar-refractivity contribution in [3.63, 3.8) is 0 Å². The molecular formula is C18H15NO5. The highest BCUT2D eigenvalue weighted by atomic mass is 16.5. The molecule has 1 unspecified atom stereocenters. The predicted octanol–water partition coefficient (Wildman–Crippen LogP) is 1.53. The zero-order chi connectivity index (χ0) is 17.6. The van der Waals surface area contributed by atoms with Gasteiger partial charge < -0.3 is 9.64 Å². The number of amides is 1. The molecule has 1 aliphatic carbocycles. The lowest BCUT2D eigenvalue weighted by Crippen LogP contribution is -2.44. The number of rotatable bonds is 3. The van der Waals surface area contributed by atoms with Gasteiger partial charge in [0.25, 0.3) is 0 Å². The average Bonchev–Trinajstić information content (AvgIpc) is 2.82. The van der Waals surface area contributed by atoms with E-state index < -0.39 is 28.9 Å². The van der Waals surface area contributed by atoms with Crippen LogP contribution in [-0.4, -0.2) is 42.5 Å². The number of esters is 1. The van der Waals surface area contributed by atoms with Gasteiger partial charge in [-0.2, -0.15) is 0 Å². The van der Waals surface area contributed by atoms with Crippen LogP contribution < -0.4 is 0 Å². The molecule has 1 aromatic carbocycles. The Labute approximate surface area is 138 Å². The molecule has 1 aromatic rings.